The molecule has 64 valence electrons. The molecule has 0 saturated carbocycles. The van der Waals surface area contributed by atoms with Crippen molar-refractivity contribution in [2.45, 2.75) is 0 Å². The Kier molecular flexibility index (Phi) is 1.88. The maximum atomic E-state index is 10.9. The Morgan fingerprint density at radius 2 is 1.92 bits per heavy atom. The fourth-order valence-corrected chi connectivity index (χ4v) is 1.08. The summed E-state index contributed by atoms with van der Waals surface area (Å²) in [6, 6.07) is 5.16. The van der Waals surface area contributed by atoms with Gasteiger partial charge in [0.15, 0.2) is 0 Å². The molecule has 0 radical (unpaired) electrons. The zero-order chi connectivity index (χ0) is 9.10. The zero-order valence-corrected chi connectivity index (χ0v) is 6.77. The molecule has 0 aliphatic carbocycles. The Bertz CT molecular complexity index is 450. The first kappa shape index (κ1) is 7.67. The highest BCUT2D eigenvalue weighted by Gasteiger charge is 1.96. The van der Waals surface area contributed by atoms with Gasteiger partial charge in [0.25, 0.3) is 5.56 Å². The Morgan fingerprint density at radius 3 is 2.62 bits per heavy atom. The predicted octanol–water partition coefficient (Wildman–Crippen LogP) is 0.832. The molecule has 0 saturated heterocycles. The molecule has 4 nitrogen and oxygen atoms in total. The highest BCUT2D eigenvalue weighted by molar-refractivity contribution is 5.60. The Hall–Kier alpha value is -1.97. The van der Waals surface area contributed by atoms with Crippen LogP contribution in [-0.4, -0.2) is 15.2 Å². The summed E-state index contributed by atoms with van der Waals surface area (Å²) >= 11 is 0. The minimum Gasteiger partial charge on any atom is -0.268 e. The average molecular weight is 173 g/mol. The number of hydrogen-bond donors (Lipinski definition) is 1. The number of nitrogens with one attached hydrogen (secondary N) is 1. The first-order valence-corrected chi connectivity index (χ1v) is 3.81. The molecule has 0 spiro atoms. The quantitative estimate of drug-likeness (QED) is 0.694. The minimum absolute atomic E-state index is 0.200. The van der Waals surface area contributed by atoms with Crippen LogP contribution in [0.25, 0.3) is 11.1 Å². The summed E-state index contributed by atoms with van der Waals surface area (Å²) in [5, 5.41) is 6.02. The van der Waals surface area contributed by atoms with Gasteiger partial charge < -0.3 is 0 Å². The molecule has 0 aliphatic heterocycles. The third kappa shape index (κ3) is 1.61. The molecule has 2 heterocycles. The van der Waals surface area contributed by atoms with Gasteiger partial charge in [0.2, 0.25) is 0 Å². The van der Waals surface area contributed by atoms with Crippen LogP contribution in [0.15, 0.2) is 41.6 Å². The number of nitrogens with zero attached hydrogens (tertiary/aromatic N) is 2. The van der Waals surface area contributed by atoms with Gasteiger partial charge in [0.05, 0.1) is 6.20 Å². The van der Waals surface area contributed by atoms with Crippen LogP contribution in [0.3, 0.4) is 0 Å². The van der Waals surface area contributed by atoms with Gasteiger partial charge in [-0.3, -0.25) is 9.78 Å². The minimum atomic E-state index is -0.200. The largest absolute Gasteiger partial charge is 0.268 e. The lowest BCUT2D eigenvalue weighted by atomic mass is 10.1. The number of aromatic amines is 1. The van der Waals surface area contributed by atoms with Crippen molar-refractivity contribution in [2.75, 3.05) is 0 Å². The van der Waals surface area contributed by atoms with Gasteiger partial charge in [-0.2, -0.15) is 5.10 Å². The van der Waals surface area contributed by atoms with Crippen LogP contribution >= 0.6 is 0 Å². The Labute approximate surface area is 74.3 Å². The van der Waals surface area contributed by atoms with Crippen LogP contribution in [0, 0.1) is 0 Å². The molecule has 4 heteroatoms. The van der Waals surface area contributed by atoms with Crippen LogP contribution < -0.4 is 5.56 Å². The van der Waals surface area contributed by atoms with E-state index in [1.54, 1.807) is 18.6 Å². The Morgan fingerprint density at radius 1 is 1.15 bits per heavy atom. The van der Waals surface area contributed by atoms with Gasteiger partial charge in [-0.05, 0) is 17.7 Å². The Balaban J connectivity index is 2.54. The SMILES string of the molecule is O=c1cc(-c2ccncc2)cn[nH]1. The molecule has 1 N–H and O–H groups in total. The maximum Gasteiger partial charge on any atom is 0.264 e. The molecule has 13 heavy (non-hydrogen) atoms. The number of rotatable bonds is 1. The molecule has 0 aromatic carbocycles. The summed E-state index contributed by atoms with van der Waals surface area (Å²) in [6.45, 7) is 0. The third-order valence-corrected chi connectivity index (χ3v) is 1.68. The highest BCUT2D eigenvalue weighted by atomic mass is 16.1. The van der Waals surface area contributed by atoms with E-state index in [0.29, 0.717) is 0 Å². The van der Waals surface area contributed by atoms with Crippen molar-refractivity contribution in [2.24, 2.45) is 0 Å². The second-order valence-corrected chi connectivity index (χ2v) is 2.57. The van der Waals surface area contributed by atoms with Gasteiger partial charge in [-0.1, -0.05) is 0 Å². The van der Waals surface area contributed by atoms with Crippen LogP contribution in [0.1, 0.15) is 0 Å². The first-order valence-electron chi connectivity index (χ1n) is 3.81. The van der Waals surface area contributed by atoms with Gasteiger partial charge in [0.1, 0.15) is 0 Å². The van der Waals surface area contributed by atoms with E-state index in [9.17, 15) is 4.79 Å². The second-order valence-electron chi connectivity index (χ2n) is 2.57. The standard InChI is InChI=1S/C9H7N3O/c13-9-5-8(6-11-12-9)7-1-3-10-4-2-7/h1-6H,(H,12,13). The van der Waals surface area contributed by atoms with Crippen molar-refractivity contribution >= 4 is 0 Å². The number of hydrogen-bond acceptors (Lipinski definition) is 3. The molecule has 0 aliphatic rings. The smallest absolute Gasteiger partial charge is 0.264 e. The normalized spacial score (nSPS) is 9.85. The average Bonchev–Trinajstić information content (AvgIpc) is 2.19. The van der Waals surface area contributed by atoms with Crippen LogP contribution in [0.4, 0.5) is 0 Å². The molecule has 2 aromatic heterocycles. The lowest BCUT2D eigenvalue weighted by molar-refractivity contribution is 0.991. The van der Waals surface area contributed by atoms with E-state index >= 15 is 0 Å². The topological polar surface area (TPSA) is 58.6 Å². The number of H-pyrrole nitrogens is 1. The van der Waals surface area contributed by atoms with E-state index in [2.05, 4.69) is 15.2 Å². The lowest BCUT2D eigenvalue weighted by Gasteiger charge is -1.97. The van der Waals surface area contributed by atoms with E-state index in [1.165, 1.54) is 6.07 Å². The van der Waals surface area contributed by atoms with Gasteiger partial charge in [-0.15, -0.1) is 0 Å². The fourth-order valence-electron chi connectivity index (χ4n) is 1.08. The predicted molar refractivity (Wildman–Crippen MR) is 48.1 cm³/mol. The highest BCUT2D eigenvalue weighted by Crippen LogP contribution is 2.13. The number of pyridine rings is 1. The first-order chi connectivity index (χ1) is 6.36. The fraction of sp³-hybridized carbons (Fsp3) is 0. The van der Waals surface area contributed by atoms with Crippen LogP contribution in [-0.2, 0) is 0 Å². The van der Waals surface area contributed by atoms with Crippen molar-refractivity contribution in [1.29, 1.82) is 0 Å². The molecule has 0 unspecified atom stereocenters. The van der Waals surface area contributed by atoms with Crippen LogP contribution in [0.5, 0.6) is 0 Å². The molecular formula is C9H7N3O. The van der Waals surface area contributed by atoms with Crippen molar-refractivity contribution in [3.63, 3.8) is 0 Å². The van der Waals surface area contributed by atoms with Crippen molar-refractivity contribution in [3.05, 3.63) is 47.1 Å². The van der Waals surface area contributed by atoms with Crippen molar-refractivity contribution in [1.82, 2.24) is 15.2 Å². The zero-order valence-electron chi connectivity index (χ0n) is 6.77. The summed E-state index contributed by atoms with van der Waals surface area (Å²) in [4.78, 5) is 14.8. The summed E-state index contributed by atoms with van der Waals surface area (Å²) in [7, 11) is 0. The molecule has 0 bridgehead atoms. The molecule has 2 aromatic rings. The molecule has 0 fully saturated rings. The van der Waals surface area contributed by atoms with Gasteiger partial charge >= 0.3 is 0 Å². The molecular weight excluding hydrogens is 166 g/mol. The second kappa shape index (κ2) is 3.18. The third-order valence-electron chi connectivity index (χ3n) is 1.68. The van der Waals surface area contributed by atoms with Crippen LogP contribution in [0.2, 0.25) is 0 Å². The van der Waals surface area contributed by atoms with Crippen molar-refractivity contribution < 1.29 is 0 Å². The summed E-state index contributed by atoms with van der Waals surface area (Å²) in [5.74, 6) is 0. The van der Waals surface area contributed by atoms with Gasteiger partial charge in [0, 0.05) is 24.0 Å². The summed E-state index contributed by atoms with van der Waals surface area (Å²) in [6.07, 6.45) is 4.96. The number of aromatic nitrogens is 3. The molecule has 2 rings (SSSR count). The van der Waals surface area contributed by atoms with Gasteiger partial charge in [-0.25, -0.2) is 5.10 Å². The van der Waals surface area contributed by atoms with E-state index in [4.69, 9.17) is 0 Å². The van der Waals surface area contributed by atoms with E-state index in [-0.39, 0.29) is 5.56 Å². The molecule has 0 atom stereocenters. The van der Waals surface area contributed by atoms with E-state index in [0.717, 1.165) is 11.1 Å². The maximum absolute atomic E-state index is 10.9. The molecule has 0 amide bonds. The summed E-state index contributed by atoms with van der Waals surface area (Å²) in [5.41, 5.74) is 1.54. The monoisotopic (exact) mass is 173 g/mol. The van der Waals surface area contributed by atoms with E-state index < -0.39 is 0 Å². The lowest BCUT2D eigenvalue weighted by Crippen LogP contribution is -2.05. The van der Waals surface area contributed by atoms with E-state index in [1.807, 2.05) is 12.1 Å². The summed E-state index contributed by atoms with van der Waals surface area (Å²) < 4.78 is 0. The van der Waals surface area contributed by atoms with Crippen molar-refractivity contribution in [3.8, 4) is 11.1 Å².